The van der Waals surface area contributed by atoms with E-state index in [-0.39, 0.29) is 5.92 Å². The second-order valence-electron chi connectivity index (χ2n) is 6.59. The molecule has 0 amide bonds. The average Bonchev–Trinajstić information content (AvgIpc) is 3.42. The summed E-state index contributed by atoms with van der Waals surface area (Å²) >= 11 is 0. The molecule has 0 saturated carbocycles. The van der Waals surface area contributed by atoms with Crippen LogP contribution in [0.25, 0.3) is 11.5 Å². The number of benzene rings is 1. The van der Waals surface area contributed by atoms with Crippen molar-refractivity contribution in [2.45, 2.75) is 18.9 Å². The van der Waals surface area contributed by atoms with Crippen LogP contribution >= 0.6 is 0 Å². The van der Waals surface area contributed by atoms with E-state index in [0.29, 0.717) is 18.6 Å². The molecule has 2 aliphatic rings. The first-order chi connectivity index (χ1) is 12.8. The zero-order valence-electron chi connectivity index (χ0n) is 14.2. The number of fused-ring (bicyclic) bond motifs is 1. The molecule has 0 aliphatic carbocycles. The summed E-state index contributed by atoms with van der Waals surface area (Å²) in [5.41, 5.74) is 2.12. The van der Waals surface area contributed by atoms with Crippen LogP contribution in [0.2, 0.25) is 0 Å². The summed E-state index contributed by atoms with van der Waals surface area (Å²) in [4.78, 5) is 6.41. The van der Waals surface area contributed by atoms with Crippen LogP contribution in [-0.4, -0.2) is 40.0 Å². The highest BCUT2D eigenvalue weighted by molar-refractivity contribution is 5.50. The van der Waals surface area contributed by atoms with Gasteiger partial charge in [0.25, 0.3) is 0 Å². The van der Waals surface area contributed by atoms with Crippen LogP contribution in [0.1, 0.15) is 23.8 Å². The molecular formula is C19H18N4O3. The van der Waals surface area contributed by atoms with Gasteiger partial charge in [-0.3, -0.25) is 9.88 Å². The van der Waals surface area contributed by atoms with E-state index in [1.165, 1.54) is 5.56 Å². The van der Waals surface area contributed by atoms with Gasteiger partial charge < -0.3 is 13.9 Å². The lowest BCUT2D eigenvalue weighted by atomic mass is 10.1. The molecule has 1 atom stereocenters. The lowest BCUT2D eigenvalue weighted by Gasteiger charge is -2.15. The highest BCUT2D eigenvalue weighted by Crippen LogP contribution is 2.34. The molecule has 4 heterocycles. The Bertz CT molecular complexity index is 912. The van der Waals surface area contributed by atoms with Crippen molar-refractivity contribution in [1.29, 1.82) is 0 Å². The van der Waals surface area contributed by atoms with E-state index in [1.807, 2.05) is 18.2 Å². The molecule has 0 spiro atoms. The van der Waals surface area contributed by atoms with E-state index in [1.54, 1.807) is 12.4 Å². The molecule has 1 aromatic carbocycles. The van der Waals surface area contributed by atoms with E-state index in [0.717, 1.165) is 43.1 Å². The zero-order chi connectivity index (χ0) is 17.3. The van der Waals surface area contributed by atoms with Crippen molar-refractivity contribution in [3.8, 4) is 23.0 Å². The summed E-state index contributed by atoms with van der Waals surface area (Å²) in [6.07, 6.45) is 4.46. The number of rotatable bonds is 4. The summed E-state index contributed by atoms with van der Waals surface area (Å²) in [5.74, 6) is 3.19. The molecule has 26 heavy (non-hydrogen) atoms. The van der Waals surface area contributed by atoms with Gasteiger partial charge in [-0.25, -0.2) is 0 Å². The summed E-state index contributed by atoms with van der Waals surface area (Å²) in [5, 5.41) is 8.45. The molecule has 1 fully saturated rings. The van der Waals surface area contributed by atoms with Gasteiger partial charge in [0.15, 0.2) is 11.5 Å². The maximum Gasteiger partial charge on any atom is 0.247 e. The number of pyridine rings is 1. The molecule has 0 radical (unpaired) electrons. The molecule has 5 rings (SSSR count). The van der Waals surface area contributed by atoms with Gasteiger partial charge in [0.2, 0.25) is 18.6 Å². The predicted molar refractivity (Wildman–Crippen MR) is 92.7 cm³/mol. The molecule has 7 heteroatoms. The van der Waals surface area contributed by atoms with Crippen LogP contribution in [0.3, 0.4) is 0 Å². The van der Waals surface area contributed by atoms with E-state index in [4.69, 9.17) is 13.9 Å². The van der Waals surface area contributed by atoms with Crippen LogP contribution in [0.5, 0.6) is 11.5 Å². The second-order valence-corrected chi connectivity index (χ2v) is 6.59. The molecule has 1 saturated heterocycles. The van der Waals surface area contributed by atoms with E-state index >= 15 is 0 Å². The van der Waals surface area contributed by atoms with Crippen molar-refractivity contribution in [3.05, 3.63) is 54.2 Å². The molecule has 0 bridgehead atoms. The summed E-state index contributed by atoms with van der Waals surface area (Å²) < 4.78 is 16.7. The minimum atomic E-state index is 0.270. The molecular weight excluding hydrogens is 332 g/mol. The first kappa shape index (κ1) is 15.3. The van der Waals surface area contributed by atoms with Gasteiger partial charge in [-0.05, 0) is 42.8 Å². The molecule has 2 aromatic heterocycles. The Morgan fingerprint density at radius 3 is 2.85 bits per heavy atom. The van der Waals surface area contributed by atoms with Crippen molar-refractivity contribution in [1.82, 2.24) is 20.1 Å². The monoisotopic (exact) mass is 350 g/mol. The lowest BCUT2D eigenvalue weighted by molar-refractivity contribution is 0.174. The lowest BCUT2D eigenvalue weighted by Crippen LogP contribution is -2.19. The van der Waals surface area contributed by atoms with Crippen LogP contribution in [0.4, 0.5) is 0 Å². The topological polar surface area (TPSA) is 73.5 Å². The number of likely N-dealkylation sites (tertiary alicyclic amines) is 1. The van der Waals surface area contributed by atoms with Gasteiger partial charge in [-0.1, -0.05) is 6.07 Å². The summed E-state index contributed by atoms with van der Waals surface area (Å²) in [7, 11) is 0. The van der Waals surface area contributed by atoms with E-state index < -0.39 is 0 Å². The Morgan fingerprint density at radius 1 is 1.04 bits per heavy atom. The second kappa shape index (κ2) is 6.42. The fourth-order valence-electron chi connectivity index (χ4n) is 3.49. The van der Waals surface area contributed by atoms with Crippen molar-refractivity contribution in [2.24, 2.45) is 0 Å². The average molecular weight is 350 g/mol. The normalized spacial score (nSPS) is 19.2. The number of hydrogen-bond donors (Lipinski definition) is 0. The summed E-state index contributed by atoms with van der Waals surface area (Å²) in [6.45, 7) is 3.10. The highest BCUT2D eigenvalue weighted by atomic mass is 16.7. The minimum absolute atomic E-state index is 0.270. The van der Waals surface area contributed by atoms with Crippen molar-refractivity contribution in [2.75, 3.05) is 19.9 Å². The van der Waals surface area contributed by atoms with E-state index in [2.05, 4.69) is 32.2 Å². The van der Waals surface area contributed by atoms with E-state index in [9.17, 15) is 0 Å². The first-order valence-corrected chi connectivity index (χ1v) is 8.70. The molecule has 7 nitrogen and oxygen atoms in total. The van der Waals surface area contributed by atoms with Crippen LogP contribution in [0, 0.1) is 0 Å². The largest absolute Gasteiger partial charge is 0.454 e. The zero-order valence-corrected chi connectivity index (χ0v) is 14.2. The molecule has 0 N–H and O–H groups in total. The maximum atomic E-state index is 5.90. The molecule has 132 valence electrons. The van der Waals surface area contributed by atoms with Crippen LogP contribution < -0.4 is 9.47 Å². The van der Waals surface area contributed by atoms with Crippen molar-refractivity contribution < 1.29 is 13.9 Å². The van der Waals surface area contributed by atoms with Gasteiger partial charge >= 0.3 is 0 Å². The van der Waals surface area contributed by atoms with Gasteiger partial charge in [-0.15, -0.1) is 10.2 Å². The highest BCUT2D eigenvalue weighted by Gasteiger charge is 2.28. The predicted octanol–water partition coefficient (Wildman–Crippen LogP) is 2.85. The Labute approximate surface area is 150 Å². The number of ether oxygens (including phenoxy) is 2. The Kier molecular flexibility index (Phi) is 3.79. The Hall–Kier alpha value is -2.93. The molecule has 2 aliphatic heterocycles. The minimum Gasteiger partial charge on any atom is -0.454 e. The third-order valence-corrected chi connectivity index (χ3v) is 4.83. The maximum absolute atomic E-state index is 5.90. The van der Waals surface area contributed by atoms with Crippen LogP contribution in [-0.2, 0) is 6.54 Å². The Balaban J connectivity index is 1.25. The quantitative estimate of drug-likeness (QED) is 0.716. The fraction of sp³-hybridized carbons (Fsp3) is 0.316. The number of nitrogens with zero attached hydrogens (tertiary/aromatic N) is 4. The smallest absolute Gasteiger partial charge is 0.247 e. The van der Waals surface area contributed by atoms with Gasteiger partial charge in [0.1, 0.15) is 0 Å². The number of aromatic nitrogens is 3. The Morgan fingerprint density at radius 2 is 1.92 bits per heavy atom. The molecule has 1 unspecified atom stereocenters. The summed E-state index contributed by atoms with van der Waals surface area (Å²) in [6, 6.07) is 9.87. The first-order valence-electron chi connectivity index (χ1n) is 8.70. The fourth-order valence-corrected chi connectivity index (χ4v) is 3.49. The SMILES string of the molecule is c1cc(-c2nnc(C3CCN(Cc4ccc5c(c4)OCO5)C3)o2)ccn1. The van der Waals surface area contributed by atoms with Crippen molar-refractivity contribution in [3.63, 3.8) is 0 Å². The van der Waals surface area contributed by atoms with Gasteiger partial charge in [0.05, 0.1) is 5.92 Å². The van der Waals surface area contributed by atoms with Gasteiger partial charge in [-0.2, -0.15) is 0 Å². The number of hydrogen-bond acceptors (Lipinski definition) is 7. The van der Waals surface area contributed by atoms with Gasteiger partial charge in [0, 0.05) is 31.0 Å². The van der Waals surface area contributed by atoms with Crippen LogP contribution in [0.15, 0.2) is 47.1 Å². The molecule has 3 aromatic rings. The third-order valence-electron chi connectivity index (χ3n) is 4.83. The third kappa shape index (κ3) is 2.90. The van der Waals surface area contributed by atoms with Crippen molar-refractivity contribution >= 4 is 0 Å². The standard InChI is InChI=1S/C19H18N4O3/c1-2-16-17(25-12-24-16)9-13(1)10-23-8-5-15(11-23)19-22-21-18(26-19)14-3-6-20-7-4-14/h1-4,6-7,9,15H,5,8,10-12H2.